The average molecular weight is 326 g/mol. The number of anilines is 1. The third kappa shape index (κ3) is 3.82. The number of nitrogens with one attached hydrogen (secondary N) is 1. The summed E-state index contributed by atoms with van der Waals surface area (Å²) in [5.74, 6) is 1.43. The number of carbonyl (C=O) groups is 1. The Kier molecular flexibility index (Phi) is 5.25. The summed E-state index contributed by atoms with van der Waals surface area (Å²) < 4.78 is 5.33. The van der Waals surface area contributed by atoms with Crippen LogP contribution in [0.25, 0.3) is 0 Å². The second kappa shape index (κ2) is 7.77. The van der Waals surface area contributed by atoms with Crippen LogP contribution >= 0.6 is 0 Å². The van der Waals surface area contributed by atoms with Gasteiger partial charge in [-0.05, 0) is 37.5 Å². The van der Waals surface area contributed by atoms with Crippen LogP contribution in [0.2, 0.25) is 0 Å². The highest BCUT2D eigenvalue weighted by Crippen LogP contribution is 2.18. The minimum Gasteiger partial charge on any atom is -0.496 e. The van der Waals surface area contributed by atoms with Crippen molar-refractivity contribution in [3.8, 4) is 5.75 Å². The molecule has 1 aliphatic rings. The van der Waals surface area contributed by atoms with Gasteiger partial charge in [-0.15, -0.1) is 10.2 Å². The summed E-state index contributed by atoms with van der Waals surface area (Å²) >= 11 is 0. The van der Waals surface area contributed by atoms with Gasteiger partial charge in [0.15, 0.2) is 5.69 Å². The number of nitrogens with zero attached hydrogens (tertiary/aromatic N) is 3. The van der Waals surface area contributed by atoms with Gasteiger partial charge in [-0.3, -0.25) is 4.79 Å². The number of ether oxygens (including phenoxy) is 1. The SMILES string of the molecule is COc1ccccc1CNc1ccc(C(=O)N2CCCCC2)nn1. The molecular weight excluding hydrogens is 304 g/mol. The van der Waals surface area contributed by atoms with Crippen molar-refractivity contribution in [3.63, 3.8) is 0 Å². The number of methoxy groups -OCH3 is 1. The Balaban J connectivity index is 1.61. The maximum Gasteiger partial charge on any atom is 0.274 e. The molecule has 1 aromatic carbocycles. The molecule has 1 amide bonds. The number of carbonyl (C=O) groups excluding carboxylic acids is 1. The number of hydrogen-bond donors (Lipinski definition) is 1. The van der Waals surface area contributed by atoms with Gasteiger partial charge in [0, 0.05) is 25.2 Å². The second-order valence-corrected chi connectivity index (χ2v) is 5.82. The molecule has 0 atom stereocenters. The van der Waals surface area contributed by atoms with E-state index >= 15 is 0 Å². The predicted octanol–water partition coefficient (Wildman–Crippen LogP) is 2.72. The number of para-hydroxylation sites is 1. The van der Waals surface area contributed by atoms with E-state index in [0.717, 1.165) is 37.2 Å². The van der Waals surface area contributed by atoms with Gasteiger partial charge in [-0.2, -0.15) is 0 Å². The van der Waals surface area contributed by atoms with Crippen molar-refractivity contribution in [1.82, 2.24) is 15.1 Å². The summed E-state index contributed by atoms with van der Waals surface area (Å²) in [7, 11) is 1.65. The van der Waals surface area contributed by atoms with E-state index in [9.17, 15) is 4.79 Å². The Labute approximate surface area is 141 Å². The van der Waals surface area contributed by atoms with E-state index in [0.29, 0.717) is 18.1 Å². The molecule has 1 aromatic heterocycles. The van der Waals surface area contributed by atoms with Gasteiger partial charge in [0.25, 0.3) is 5.91 Å². The Morgan fingerprint density at radius 2 is 1.92 bits per heavy atom. The van der Waals surface area contributed by atoms with Crippen LogP contribution in [0, 0.1) is 0 Å². The minimum absolute atomic E-state index is 0.0292. The Morgan fingerprint density at radius 1 is 1.12 bits per heavy atom. The van der Waals surface area contributed by atoms with Crippen LogP contribution in [0.5, 0.6) is 5.75 Å². The molecule has 0 bridgehead atoms. The number of aromatic nitrogens is 2. The molecule has 1 saturated heterocycles. The van der Waals surface area contributed by atoms with Gasteiger partial charge in [-0.25, -0.2) is 0 Å². The van der Waals surface area contributed by atoms with E-state index in [-0.39, 0.29) is 5.91 Å². The first-order valence-corrected chi connectivity index (χ1v) is 8.26. The summed E-state index contributed by atoms with van der Waals surface area (Å²) in [6.45, 7) is 2.21. The molecule has 0 unspecified atom stereocenters. The Hall–Kier alpha value is -2.63. The molecule has 126 valence electrons. The van der Waals surface area contributed by atoms with E-state index < -0.39 is 0 Å². The van der Waals surface area contributed by atoms with Gasteiger partial charge in [0.05, 0.1) is 7.11 Å². The number of hydrogen-bond acceptors (Lipinski definition) is 5. The van der Waals surface area contributed by atoms with Crippen molar-refractivity contribution in [2.24, 2.45) is 0 Å². The zero-order valence-corrected chi connectivity index (χ0v) is 13.9. The summed E-state index contributed by atoms with van der Waals surface area (Å²) in [4.78, 5) is 14.2. The zero-order chi connectivity index (χ0) is 16.8. The highest BCUT2D eigenvalue weighted by molar-refractivity contribution is 5.92. The lowest BCUT2D eigenvalue weighted by Crippen LogP contribution is -2.36. The van der Waals surface area contributed by atoms with Gasteiger partial charge in [0.1, 0.15) is 11.6 Å². The smallest absolute Gasteiger partial charge is 0.274 e. The number of rotatable bonds is 5. The summed E-state index contributed by atoms with van der Waals surface area (Å²) in [6, 6.07) is 11.3. The fourth-order valence-corrected chi connectivity index (χ4v) is 2.83. The summed E-state index contributed by atoms with van der Waals surface area (Å²) in [5, 5.41) is 11.4. The molecule has 0 aliphatic carbocycles. The lowest BCUT2D eigenvalue weighted by molar-refractivity contribution is 0.0717. The first kappa shape index (κ1) is 16.2. The van der Waals surface area contributed by atoms with Crippen LogP contribution in [0.15, 0.2) is 36.4 Å². The molecular formula is C18H22N4O2. The first-order valence-electron chi connectivity index (χ1n) is 8.26. The summed E-state index contributed by atoms with van der Waals surface area (Å²) in [5.41, 5.74) is 1.44. The van der Waals surface area contributed by atoms with Crippen LogP contribution in [-0.4, -0.2) is 41.2 Å². The van der Waals surface area contributed by atoms with Crippen LogP contribution < -0.4 is 10.1 Å². The Bertz CT molecular complexity index is 682. The Morgan fingerprint density at radius 3 is 2.62 bits per heavy atom. The lowest BCUT2D eigenvalue weighted by Gasteiger charge is -2.26. The van der Waals surface area contributed by atoms with Crippen molar-refractivity contribution in [2.75, 3.05) is 25.5 Å². The maximum atomic E-state index is 12.4. The van der Waals surface area contributed by atoms with Crippen LogP contribution in [0.3, 0.4) is 0 Å². The van der Waals surface area contributed by atoms with E-state index in [2.05, 4.69) is 15.5 Å². The monoisotopic (exact) mass is 326 g/mol. The molecule has 0 spiro atoms. The zero-order valence-electron chi connectivity index (χ0n) is 13.9. The fourth-order valence-electron chi connectivity index (χ4n) is 2.83. The second-order valence-electron chi connectivity index (χ2n) is 5.82. The van der Waals surface area contributed by atoms with Crippen molar-refractivity contribution in [2.45, 2.75) is 25.8 Å². The van der Waals surface area contributed by atoms with Gasteiger partial charge in [0.2, 0.25) is 0 Å². The van der Waals surface area contributed by atoms with E-state index in [1.165, 1.54) is 6.42 Å². The fraction of sp³-hybridized carbons (Fsp3) is 0.389. The van der Waals surface area contributed by atoms with Crippen molar-refractivity contribution in [1.29, 1.82) is 0 Å². The predicted molar refractivity (Wildman–Crippen MR) is 92.1 cm³/mol. The lowest BCUT2D eigenvalue weighted by atomic mass is 10.1. The number of piperidine rings is 1. The molecule has 0 saturated carbocycles. The summed E-state index contributed by atoms with van der Waals surface area (Å²) in [6.07, 6.45) is 3.33. The number of likely N-dealkylation sites (tertiary alicyclic amines) is 1. The molecule has 1 fully saturated rings. The van der Waals surface area contributed by atoms with Gasteiger partial charge in [-0.1, -0.05) is 18.2 Å². The number of benzene rings is 1. The third-order valence-electron chi connectivity index (χ3n) is 4.18. The van der Waals surface area contributed by atoms with Crippen LogP contribution in [0.4, 0.5) is 5.82 Å². The first-order chi connectivity index (χ1) is 11.8. The average Bonchev–Trinajstić information content (AvgIpc) is 2.67. The molecule has 24 heavy (non-hydrogen) atoms. The largest absolute Gasteiger partial charge is 0.496 e. The van der Waals surface area contributed by atoms with Crippen molar-refractivity contribution < 1.29 is 9.53 Å². The highest BCUT2D eigenvalue weighted by Gasteiger charge is 2.19. The molecule has 6 heteroatoms. The standard InChI is InChI=1S/C18H22N4O2/c1-24-16-8-4-3-7-14(16)13-19-17-10-9-15(20-21-17)18(23)22-11-5-2-6-12-22/h3-4,7-10H,2,5-6,11-13H2,1H3,(H,19,21). The molecule has 1 N–H and O–H groups in total. The van der Waals surface area contributed by atoms with E-state index in [1.807, 2.05) is 29.2 Å². The minimum atomic E-state index is -0.0292. The quantitative estimate of drug-likeness (QED) is 0.915. The van der Waals surface area contributed by atoms with Crippen LogP contribution in [0.1, 0.15) is 35.3 Å². The molecule has 1 aliphatic heterocycles. The molecule has 3 rings (SSSR count). The number of amides is 1. The highest BCUT2D eigenvalue weighted by atomic mass is 16.5. The van der Waals surface area contributed by atoms with Crippen molar-refractivity contribution >= 4 is 11.7 Å². The normalized spacial score (nSPS) is 14.3. The molecule has 0 radical (unpaired) electrons. The van der Waals surface area contributed by atoms with Crippen LogP contribution in [-0.2, 0) is 6.54 Å². The third-order valence-corrected chi connectivity index (χ3v) is 4.18. The van der Waals surface area contributed by atoms with E-state index in [1.54, 1.807) is 19.2 Å². The molecule has 2 aromatic rings. The van der Waals surface area contributed by atoms with Gasteiger partial charge < -0.3 is 15.0 Å². The van der Waals surface area contributed by atoms with E-state index in [4.69, 9.17) is 4.74 Å². The maximum absolute atomic E-state index is 12.4. The molecule has 2 heterocycles. The topological polar surface area (TPSA) is 67.3 Å². The van der Waals surface area contributed by atoms with Gasteiger partial charge >= 0.3 is 0 Å². The molecule has 6 nitrogen and oxygen atoms in total. The van der Waals surface area contributed by atoms with Crippen molar-refractivity contribution in [3.05, 3.63) is 47.7 Å².